The monoisotopic (exact) mass is 300 g/mol. The third-order valence-corrected chi connectivity index (χ3v) is 5.77. The van der Waals surface area contributed by atoms with Crippen LogP contribution in [0.2, 0.25) is 0 Å². The third kappa shape index (κ3) is 2.54. The van der Waals surface area contributed by atoms with Crippen molar-refractivity contribution in [1.82, 2.24) is 4.31 Å². The lowest BCUT2D eigenvalue weighted by atomic mass is 10.0. The Labute approximate surface area is 119 Å². The molecule has 0 spiro atoms. The summed E-state index contributed by atoms with van der Waals surface area (Å²) in [7, 11) is -3.83. The average Bonchev–Trinajstić information content (AvgIpc) is 2.83. The number of anilines is 1. The van der Waals surface area contributed by atoms with E-state index in [-0.39, 0.29) is 28.1 Å². The molecule has 112 valence electrons. The molecule has 0 amide bonds. The molecule has 1 heterocycles. The number of nitrogens with zero attached hydrogens (tertiary/aromatic N) is 1. The number of sulfonamides is 1. The molecule has 0 bridgehead atoms. The fourth-order valence-corrected chi connectivity index (χ4v) is 4.81. The molecule has 0 aromatic heterocycles. The van der Waals surface area contributed by atoms with Crippen LogP contribution < -0.4 is 5.73 Å². The van der Waals surface area contributed by atoms with Crippen LogP contribution in [0.25, 0.3) is 0 Å². The smallest absolute Gasteiger partial charge is 0.246 e. The lowest BCUT2D eigenvalue weighted by molar-refractivity contribution is 0.314. The molecule has 0 saturated carbocycles. The van der Waals surface area contributed by atoms with Gasteiger partial charge in [-0.2, -0.15) is 4.31 Å². The Balaban J connectivity index is 2.51. The standard InChI is InChI=1S/C14H21FN2O2S/c1-9(2)12-5-4-6-17(12)20(18,19)13-8-11(16)7-10(3)14(13)15/h7-9,12H,4-6,16H2,1-3H3. The minimum atomic E-state index is -3.83. The van der Waals surface area contributed by atoms with Crippen LogP contribution in [0.5, 0.6) is 0 Å². The van der Waals surface area contributed by atoms with Gasteiger partial charge in [0.2, 0.25) is 10.0 Å². The molecule has 0 aliphatic carbocycles. The first-order chi connectivity index (χ1) is 9.25. The maximum atomic E-state index is 14.2. The molecule has 0 radical (unpaired) electrons. The van der Waals surface area contributed by atoms with E-state index in [9.17, 15) is 12.8 Å². The van der Waals surface area contributed by atoms with Gasteiger partial charge in [0.1, 0.15) is 10.7 Å². The number of hydrogen-bond donors (Lipinski definition) is 1. The molecule has 1 fully saturated rings. The quantitative estimate of drug-likeness (QED) is 0.872. The lowest BCUT2D eigenvalue weighted by Gasteiger charge is -2.27. The topological polar surface area (TPSA) is 63.4 Å². The molecule has 1 unspecified atom stereocenters. The maximum absolute atomic E-state index is 14.2. The second-order valence-corrected chi connectivity index (χ2v) is 7.58. The molecule has 1 saturated heterocycles. The number of nitrogens with two attached hydrogens (primary N) is 1. The SMILES string of the molecule is Cc1cc(N)cc(S(=O)(=O)N2CCCC2C(C)C)c1F. The first kappa shape index (κ1) is 15.3. The lowest BCUT2D eigenvalue weighted by Crippen LogP contribution is -2.38. The van der Waals surface area contributed by atoms with Crippen molar-refractivity contribution < 1.29 is 12.8 Å². The highest BCUT2D eigenvalue weighted by Crippen LogP contribution is 2.32. The van der Waals surface area contributed by atoms with E-state index in [1.54, 1.807) is 0 Å². The van der Waals surface area contributed by atoms with E-state index in [2.05, 4.69) is 0 Å². The third-order valence-electron chi connectivity index (χ3n) is 3.85. The predicted molar refractivity (Wildman–Crippen MR) is 77.3 cm³/mol. The van der Waals surface area contributed by atoms with Crippen molar-refractivity contribution in [2.75, 3.05) is 12.3 Å². The van der Waals surface area contributed by atoms with Crippen LogP contribution in [0, 0.1) is 18.7 Å². The van der Waals surface area contributed by atoms with Gasteiger partial charge in [-0.3, -0.25) is 0 Å². The van der Waals surface area contributed by atoms with Gasteiger partial charge in [0.15, 0.2) is 0 Å². The summed E-state index contributed by atoms with van der Waals surface area (Å²) < 4.78 is 41.0. The summed E-state index contributed by atoms with van der Waals surface area (Å²) >= 11 is 0. The maximum Gasteiger partial charge on any atom is 0.246 e. The van der Waals surface area contributed by atoms with E-state index in [0.29, 0.717) is 6.54 Å². The van der Waals surface area contributed by atoms with Crippen molar-refractivity contribution in [3.63, 3.8) is 0 Å². The Bertz CT molecular complexity index is 614. The minimum absolute atomic E-state index is 0.0684. The molecule has 2 rings (SSSR count). The largest absolute Gasteiger partial charge is 0.399 e. The Morgan fingerprint density at radius 2 is 2.05 bits per heavy atom. The first-order valence-corrected chi connectivity index (χ1v) is 8.26. The van der Waals surface area contributed by atoms with Crippen molar-refractivity contribution in [2.45, 2.75) is 44.6 Å². The minimum Gasteiger partial charge on any atom is -0.399 e. The zero-order valence-electron chi connectivity index (χ0n) is 12.1. The van der Waals surface area contributed by atoms with Crippen LogP contribution in [0.1, 0.15) is 32.3 Å². The van der Waals surface area contributed by atoms with Gasteiger partial charge in [0.05, 0.1) is 0 Å². The highest BCUT2D eigenvalue weighted by molar-refractivity contribution is 7.89. The van der Waals surface area contributed by atoms with Gasteiger partial charge >= 0.3 is 0 Å². The molecular formula is C14H21FN2O2S. The van der Waals surface area contributed by atoms with Crippen LogP contribution in [-0.4, -0.2) is 25.3 Å². The highest BCUT2D eigenvalue weighted by Gasteiger charge is 2.38. The second-order valence-electron chi connectivity index (χ2n) is 5.72. The number of nitrogen functional groups attached to an aromatic ring is 1. The normalized spacial score (nSPS) is 20.8. The number of rotatable bonds is 3. The average molecular weight is 300 g/mol. The second kappa shape index (κ2) is 5.33. The van der Waals surface area contributed by atoms with Crippen LogP contribution in [-0.2, 0) is 10.0 Å². The van der Waals surface area contributed by atoms with E-state index in [1.165, 1.54) is 23.4 Å². The zero-order valence-corrected chi connectivity index (χ0v) is 12.9. The van der Waals surface area contributed by atoms with Gasteiger partial charge in [0, 0.05) is 18.3 Å². The first-order valence-electron chi connectivity index (χ1n) is 6.82. The molecule has 1 aliphatic rings. The fourth-order valence-electron chi connectivity index (χ4n) is 2.81. The van der Waals surface area contributed by atoms with E-state index in [4.69, 9.17) is 5.73 Å². The van der Waals surface area contributed by atoms with Gasteiger partial charge in [-0.05, 0) is 43.4 Å². The van der Waals surface area contributed by atoms with Gasteiger partial charge in [-0.1, -0.05) is 13.8 Å². The molecular weight excluding hydrogens is 279 g/mol. The zero-order chi connectivity index (χ0) is 15.1. The van der Waals surface area contributed by atoms with E-state index >= 15 is 0 Å². The number of hydrogen-bond acceptors (Lipinski definition) is 3. The molecule has 1 aromatic rings. The van der Waals surface area contributed by atoms with E-state index < -0.39 is 15.8 Å². The molecule has 4 nitrogen and oxygen atoms in total. The summed E-state index contributed by atoms with van der Waals surface area (Å²) in [6.07, 6.45) is 1.63. The van der Waals surface area contributed by atoms with Gasteiger partial charge < -0.3 is 5.73 Å². The number of halogens is 1. The van der Waals surface area contributed by atoms with Crippen molar-refractivity contribution in [3.8, 4) is 0 Å². The summed E-state index contributed by atoms with van der Waals surface area (Å²) in [4.78, 5) is -0.303. The summed E-state index contributed by atoms with van der Waals surface area (Å²) in [6.45, 7) is 5.94. The van der Waals surface area contributed by atoms with Crippen LogP contribution in [0.3, 0.4) is 0 Å². The molecule has 2 N–H and O–H groups in total. The molecule has 6 heteroatoms. The summed E-state index contributed by atoms with van der Waals surface area (Å²) in [6, 6.07) is 2.59. The van der Waals surface area contributed by atoms with Crippen LogP contribution >= 0.6 is 0 Å². The number of benzene rings is 1. The Kier molecular flexibility index (Phi) is 4.07. The summed E-state index contributed by atoms with van der Waals surface area (Å²) in [5.41, 5.74) is 6.19. The predicted octanol–water partition coefficient (Wildman–Crippen LogP) is 2.53. The molecule has 1 aromatic carbocycles. The Morgan fingerprint density at radius 3 is 2.65 bits per heavy atom. The molecule has 1 atom stereocenters. The fraction of sp³-hybridized carbons (Fsp3) is 0.571. The summed E-state index contributed by atoms with van der Waals surface area (Å²) in [5.74, 6) is -0.494. The van der Waals surface area contributed by atoms with E-state index in [0.717, 1.165) is 12.8 Å². The van der Waals surface area contributed by atoms with Gasteiger partial charge in [-0.15, -0.1) is 0 Å². The van der Waals surface area contributed by atoms with Crippen molar-refractivity contribution in [2.24, 2.45) is 5.92 Å². The molecule has 1 aliphatic heterocycles. The van der Waals surface area contributed by atoms with Gasteiger partial charge in [0.25, 0.3) is 0 Å². The Hall–Kier alpha value is -1.14. The van der Waals surface area contributed by atoms with Crippen molar-refractivity contribution in [3.05, 3.63) is 23.5 Å². The summed E-state index contributed by atoms with van der Waals surface area (Å²) in [5, 5.41) is 0. The van der Waals surface area contributed by atoms with Gasteiger partial charge in [-0.25, -0.2) is 12.8 Å². The highest BCUT2D eigenvalue weighted by atomic mass is 32.2. The van der Waals surface area contributed by atoms with Crippen molar-refractivity contribution in [1.29, 1.82) is 0 Å². The Morgan fingerprint density at radius 1 is 1.40 bits per heavy atom. The van der Waals surface area contributed by atoms with E-state index in [1.807, 2.05) is 13.8 Å². The van der Waals surface area contributed by atoms with Crippen LogP contribution in [0.15, 0.2) is 17.0 Å². The molecule has 20 heavy (non-hydrogen) atoms. The van der Waals surface area contributed by atoms with Crippen LogP contribution in [0.4, 0.5) is 10.1 Å². The number of aryl methyl sites for hydroxylation is 1. The van der Waals surface area contributed by atoms with Crippen molar-refractivity contribution >= 4 is 15.7 Å².